The van der Waals surface area contributed by atoms with Gasteiger partial charge in [-0.15, -0.1) is 0 Å². The van der Waals surface area contributed by atoms with E-state index >= 15 is 0 Å². The fourth-order valence-corrected chi connectivity index (χ4v) is 3.25. The van der Waals surface area contributed by atoms with E-state index in [0.29, 0.717) is 29.0 Å². The van der Waals surface area contributed by atoms with Gasteiger partial charge in [-0.1, -0.05) is 31.9 Å². The summed E-state index contributed by atoms with van der Waals surface area (Å²) in [6, 6.07) is 10.8. The van der Waals surface area contributed by atoms with Crippen molar-refractivity contribution >= 4 is 59.9 Å². The molecule has 170 valence electrons. The van der Waals surface area contributed by atoms with Crippen LogP contribution in [0.3, 0.4) is 0 Å². The number of carbonyl (C=O) groups excluding carboxylic acids is 1. The Hall–Kier alpha value is -2.79. The lowest BCUT2D eigenvalue weighted by Gasteiger charge is -2.19. The van der Waals surface area contributed by atoms with Crippen molar-refractivity contribution in [1.29, 1.82) is 0 Å². The maximum Gasteiger partial charge on any atom is 0.407 e. The van der Waals surface area contributed by atoms with E-state index in [4.69, 9.17) is 18.5 Å². The molecule has 2 aromatic heterocycles. The van der Waals surface area contributed by atoms with Crippen LogP contribution in [0, 0.1) is 0 Å². The molecule has 0 saturated heterocycles. The molecule has 0 fully saturated rings. The lowest BCUT2D eigenvalue weighted by Crippen LogP contribution is -2.34. The number of aromatic nitrogens is 2. The van der Waals surface area contributed by atoms with Gasteiger partial charge in [0.05, 0.1) is 17.3 Å². The number of amides is 1. The van der Waals surface area contributed by atoms with Crippen molar-refractivity contribution in [3.63, 3.8) is 0 Å². The number of alkyl carbamates (subject to hydrolysis) is 1. The number of nitrogens with zero attached hydrogens (tertiary/aromatic N) is 1. The highest BCUT2D eigenvalue weighted by Crippen LogP contribution is 2.27. The summed E-state index contributed by atoms with van der Waals surface area (Å²) in [5.74, 6) is 0.400. The van der Waals surface area contributed by atoms with Gasteiger partial charge in [0.25, 0.3) is 11.4 Å². The maximum atomic E-state index is 11.4. The van der Waals surface area contributed by atoms with Gasteiger partial charge in [0.1, 0.15) is 12.2 Å². The Morgan fingerprint density at radius 2 is 1.75 bits per heavy atom. The highest BCUT2D eigenvalue weighted by Gasteiger charge is 2.16. The van der Waals surface area contributed by atoms with Gasteiger partial charge >= 0.3 is 6.09 Å². The number of halogens is 2. The van der Waals surface area contributed by atoms with Crippen molar-refractivity contribution in [1.82, 2.24) is 15.6 Å². The van der Waals surface area contributed by atoms with Crippen LogP contribution >= 0.6 is 31.9 Å². The minimum Gasteiger partial charge on any atom is -0.473 e. The zero-order chi connectivity index (χ0) is 23.3. The molecule has 11 heteroatoms. The molecule has 32 heavy (non-hydrogen) atoms. The van der Waals surface area contributed by atoms with E-state index in [1.165, 1.54) is 0 Å². The number of fused-ring (bicyclic) bond motifs is 2. The van der Waals surface area contributed by atoms with Gasteiger partial charge in [-0.2, -0.15) is 5.16 Å². The number of hydrogen-bond donors (Lipinski definition) is 2. The Morgan fingerprint density at radius 1 is 1.09 bits per heavy atom. The van der Waals surface area contributed by atoms with Crippen molar-refractivity contribution < 1.29 is 23.3 Å². The van der Waals surface area contributed by atoms with Crippen LogP contribution in [0.5, 0.6) is 5.88 Å². The molecule has 0 saturated carbocycles. The largest absolute Gasteiger partial charge is 0.473 e. The molecule has 9 nitrogen and oxygen atoms in total. The Bertz CT molecular complexity index is 1270. The summed E-state index contributed by atoms with van der Waals surface area (Å²) in [5.41, 5.74) is 0.521. The minimum atomic E-state index is -0.514. The first-order chi connectivity index (χ1) is 15.1. The second-order valence-corrected chi connectivity index (χ2v) is 9.41. The van der Waals surface area contributed by atoms with Crippen LogP contribution in [0.15, 0.2) is 59.2 Å². The number of benzene rings is 2. The molecule has 0 aliphatic carbocycles. The molecule has 0 atom stereocenters. The van der Waals surface area contributed by atoms with Crippen LogP contribution in [0.25, 0.3) is 21.9 Å². The standard InChI is InChI=1S/C14H17BrN2O4.C7H4BrNO2/c1-14(2,3)20-13(18)16-6-7-19-12-10-8-9(15)4-5-11(10)21-17-12;8-4-1-2-6-5(3-4)7(10)9-11-6/h4-5,8H,6-7H2,1-3H3,(H,16,18);1-3H,(H,9,10). The Labute approximate surface area is 199 Å². The first-order valence-corrected chi connectivity index (χ1v) is 11.1. The van der Waals surface area contributed by atoms with Crippen LogP contribution in [0.1, 0.15) is 20.8 Å². The number of rotatable bonds is 4. The van der Waals surface area contributed by atoms with Crippen LogP contribution in [0.2, 0.25) is 0 Å². The topological polar surface area (TPSA) is 120 Å². The predicted octanol–water partition coefficient (Wildman–Crippen LogP) is 5.38. The summed E-state index contributed by atoms with van der Waals surface area (Å²) in [5, 5.41) is 10.1. The van der Waals surface area contributed by atoms with Crippen LogP contribution in [0.4, 0.5) is 4.79 Å². The van der Waals surface area contributed by atoms with Gasteiger partial charge in [0, 0.05) is 8.95 Å². The molecule has 0 aliphatic heterocycles. The molecule has 2 N–H and O–H groups in total. The van der Waals surface area contributed by atoms with Gasteiger partial charge < -0.3 is 23.8 Å². The SMILES string of the molecule is CC(C)(C)OC(=O)NCCOc1noc2ccc(Br)cc12.O=c1[nH]oc2ccc(Br)cc12. The summed E-state index contributed by atoms with van der Waals surface area (Å²) < 4.78 is 22.4. The predicted molar refractivity (Wildman–Crippen MR) is 126 cm³/mol. The van der Waals surface area contributed by atoms with Gasteiger partial charge in [0.15, 0.2) is 11.2 Å². The molecule has 2 aromatic carbocycles. The summed E-state index contributed by atoms with van der Waals surface area (Å²) in [7, 11) is 0. The quantitative estimate of drug-likeness (QED) is 0.316. The van der Waals surface area contributed by atoms with Crippen molar-refractivity contribution in [2.75, 3.05) is 13.2 Å². The van der Waals surface area contributed by atoms with Gasteiger partial charge in [-0.25, -0.2) is 4.79 Å². The third-order valence-electron chi connectivity index (χ3n) is 3.85. The number of carbonyl (C=O) groups is 1. The van der Waals surface area contributed by atoms with E-state index in [1.807, 2.05) is 39.0 Å². The van der Waals surface area contributed by atoms with Crippen molar-refractivity contribution in [2.45, 2.75) is 26.4 Å². The third-order valence-corrected chi connectivity index (χ3v) is 4.83. The van der Waals surface area contributed by atoms with E-state index in [9.17, 15) is 9.59 Å². The molecule has 0 unspecified atom stereocenters. The lowest BCUT2D eigenvalue weighted by molar-refractivity contribution is 0.0519. The zero-order valence-electron chi connectivity index (χ0n) is 17.5. The fourth-order valence-electron chi connectivity index (χ4n) is 2.53. The molecular formula is C21H21Br2N3O6. The van der Waals surface area contributed by atoms with Crippen LogP contribution < -0.4 is 15.6 Å². The summed E-state index contributed by atoms with van der Waals surface area (Å²) in [4.78, 5) is 22.4. The molecule has 1 amide bonds. The van der Waals surface area contributed by atoms with E-state index in [1.54, 1.807) is 18.2 Å². The van der Waals surface area contributed by atoms with Crippen LogP contribution in [-0.4, -0.2) is 35.2 Å². The molecule has 0 spiro atoms. The number of hydrogen-bond acceptors (Lipinski definition) is 7. The van der Waals surface area contributed by atoms with Gasteiger partial charge in [0.2, 0.25) is 0 Å². The zero-order valence-corrected chi connectivity index (χ0v) is 20.7. The lowest BCUT2D eigenvalue weighted by atomic mass is 10.2. The van der Waals surface area contributed by atoms with Crippen molar-refractivity contribution in [3.05, 3.63) is 55.7 Å². The number of nitrogens with one attached hydrogen (secondary N) is 2. The third kappa shape index (κ3) is 6.60. The normalized spacial score (nSPS) is 11.2. The summed E-state index contributed by atoms with van der Waals surface area (Å²) in [6.07, 6.45) is -0.473. The summed E-state index contributed by atoms with van der Waals surface area (Å²) >= 11 is 6.64. The first kappa shape index (κ1) is 23.9. The minimum absolute atomic E-state index is 0.193. The number of ether oxygens (including phenoxy) is 2. The fraction of sp³-hybridized carbons (Fsp3) is 0.286. The van der Waals surface area contributed by atoms with Gasteiger partial charge in [-0.05, 0) is 62.3 Å². The van der Waals surface area contributed by atoms with E-state index in [-0.39, 0.29) is 12.2 Å². The summed E-state index contributed by atoms with van der Waals surface area (Å²) in [6.45, 7) is 6.01. The Balaban J connectivity index is 0.000000219. The molecule has 2 heterocycles. The first-order valence-electron chi connectivity index (χ1n) is 9.54. The highest BCUT2D eigenvalue weighted by molar-refractivity contribution is 9.10. The highest BCUT2D eigenvalue weighted by atomic mass is 79.9. The molecule has 4 aromatic rings. The molecule has 0 aliphatic rings. The number of H-pyrrole nitrogens is 1. The van der Waals surface area contributed by atoms with E-state index in [0.717, 1.165) is 14.3 Å². The Kier molecular flexibility index (Phi) is 7.62. The monoisotopic (exact) mass is 569 g/mol. The van der Waals surface area contributed by atoms with E-state index < -0.39 is 11.7 Å². The average Bonchev–Trinajstić information content (AvgIpc) is 3.28. The van der Waals surface area contributed by atoms with Gasteiger partial charge in [-0.3, -0.25) is 4.79 Å². The van der Waals surface area contributed by atoms with Crippen LogP contribution in [-0.2, 0) is 4.74 Å². The second kappa shape index (κ2) is 10.2. The smallest absolute Gasteiger partial charge is 0.407 e. The average molecular weight is 571 g/mol. The molecule has 4 rings (SSSR count). The molecule has 0 radical (unpaired) electrons. The number of aromatic amines is 1. The van der Waals surface area contributed by atoms with Crippen molar-refractivity contribution in [2.24, 2.45) is 0 Å². The molecule has 0 bridgehead atoms. The maximum absolute atomic E-state index is 11.4. The van der Waals surface area contributed by atoms with E-state index in [2.05, 4.69) is 47.5 Å². The Morgan fingerprint density at radius 3 is 2.44 bits per heavy atom. The molecular weight excluding hydrogens is 550 g/mol. The van der Waals surface area contributed by atoms with Crippen molar-refractivity contribution in [3.8, 4) is 5.88 Å². The second-order valence-electron chi connectivity index (χ2n) is 7.58.